The Kier molecular flexibility index (Phi) is 5.57. The fourth-order valence-electron chi connectivity index (χ4n) is 2.80. The molecular weight excluding hydrogens is 440 g/mol. The average Bonchev–Trinajstić information content (AvgIpc) is 3.10. The van der Waals surface area contributed by atoms with Gasteiger partial charge in [-0.3, -0.25) is 9.29 Å². The van der Waals surface area contributed by atoms with Crippen LogP contribution in [0.25, 0.3) is 5.82 Å². The third kappa shape index (κ3) is 4.42. The second-order valence-electron chi connectivity index (χ2n) is 6.82. The van der Waals surface area contributed by atoms with E-state index in [1.807, 2.05) is 13.8 Å². The van der Waals surface area contributed by atoms with E-state index in [4.69, 9.17) is 4.74 Å². The van der Waals surface area contributed by atoms with E-state index in [1.54, 1.807) is 23.0 Å². The molecule has 0 aliphatic carbocycles. The molecule has 2 aromatic heterocycles. The summed E-state index contributed by atoms with van der Waals surface area (Å²) in [5, 5.41) is 8.17. The summed E-state index contributed by atoms with van der Waals surface area (Å²) in [6.45, 7) is 3.83. The first kappa shape index (κ1) is 21.4. The zero-order valence-electron chi connectivity index (χ0n) is 17.0. The van der Waals surface area contributed by atoms with E-state index in [1.165, 1.54) is 24.3 Å². The molecule has 32 heavy (non-hydrogen) atoms. The quantitative estimate of drug-likeness (QED) is 0.467. The third-order valence-electron chi connectivity index (χ3n) is 4.65. The average molecular weight is 457 g/mol. The maximum Gasteiger partial charge on any atom is 0.261 e. The van der Waals surface area contributed by atoms with Gasteiger partial charge in [0.1, 0.15) is 12.1 Å². The molecule has 0 atom stereocenters. The Labute approximate surface area is 182 Å². The zero-order valence-corrected chi connectivity index (χ0v) is 17.8. The number of halogens is 2. The monoisotopic (exact) mass is 457 g/mol. The fourth-order valence-corrected chi connectivity index (χ4v) is 3.87. The van der Waals surface area contributed by atoms with Crippen LogP contribution in [0, 0.1) is 25.5 Å². The van der Waals surface area contributed by atoms with Gasteiger partial charge in [0.05, 0.1) is 10.6 Å². The van der Waals surface area contributed by atoms with Crippen LogP contribution in [-0.4, -0.2) is 28.2 Å². The van der Waals surface area contributed by atoms with Crippen molar-refractivity contribution in [3.8, 4) is 17.4 Å². The van der Waals surface area contributed by atoms with Gasteiger partial charge in [-0.2, -0.15) is 0 Å². The first-order valence-electron chi connectivity index (χ1n) is 9.33. The lowest BCUT2D eigenvalue weighted by Gasteiger charge is -2.10. The standard InChI is InChI=1S/C21H17F2N5O3S/c1-13-14(2)28(12-24-13)20-9-10-21(26-25-20)31-16-5-3-15(4-6-16)27-32(29,30)17-7-8-18(22)19(23)11-17/h3-12,27H,1-2H3. The number of hydrogen-bond acceptors (Lipinski definition) is 6. The molecule has 11 heteroatoms. The number of nitrogens with one attached hydrogen (secondary N) is 1. The van der Waals surface area contributed by atoms with Crippen molar-refractivity contribution in [3.63, 3.8) is 0 Å². The van der Waals surface area contributed by atoms with E-state index in [2.05, 4.69) is 19.9 Å². The molecule has 0 aliphatic heterocycles. The van der Waals surface area contributed by atoms with Crippen LogP contribution in [0.4, 0.5) is 14.5 Å². The lowest BCUT2D eigenvalue weighted by atomic mass is 10.3. The Morgan fingerprint density at radius 1 is 0.938 bits per heavy atom. The molecule has 8 nitrogen and oxygen atoms in total. The molecule has 0 saturated carbocycles. The molecule has 0 spiro atoms. The van der Waals surface area contributed by atoms with Crippen LogP contribution >= 0.6 is 0 Å². The molecule has 0 unspecified atom stereocenters. The lowest BCUT2D eigenvalue weighted by molar-refractivity contribution is 0.454. The SMILES string of the molecule is Cc1ncn(-c2ccc(Oc3ccc(NS(=O)(=O)c4ccc(F)c(F)c4)cc3)nn2)c1C. The van der Waals surface area contributed by atoms with Crippen molar-refractivity contribution in [1.29, 1.82) is 0 Å². The van der Waals surface area contributed by atoms with E-state index in [0.29, 0.717) is 17.6 Å². The molecule has 164 valence electrons. The highest BCUT2D eigenvalue weighted by Gasteiger charge is 2.17. The summed E-state index contributed by atoms with van der Waals surface area (Å²) in [7, 11) is -4.08. The van der Waals surface area contributed by atoms with Gasteiger partial charge in [0.2, 0.25) is 5.88 Å². The molecule has 0 amide bonds. The highest BCUT2D eigenvalue weighted by Crippen LogP contribution is 2.24. The number of benzene rings is 2. The molecular formula is C21H17F2N5O3S. The van der Waals surface area contributed by atoms with Crippen LogP contribution in [0.15, 0.2) is 65.8 Å². The Balaban J connectivity index is 1.44. The van der Waals surface area contributed by atoms with E-state index < -0.39 is 26.6 Å². The molecule has 0 bridgehead atoms. The second kappa shape index (κ2) is 8.35. The van der Waals surface area contributed by atoms with Crippen LogP contribution < -0.4 is 9.46 Å². The van der Waals surface area contributed by atoms with Crippen LogP contribution in [-0.2, 0) is 10.0 Å². The summed E-state index contributed by atoms with van der Waals surface area (Å²) in [6.07, 6.45) is 1.66. The Morgan fingerprint density at radius 2 is 1.69 bits per heavy atom. The summed E-state index contributed by atoms with van der Waals surface area (Å²) >= 11 is 0. The number of sulfonamides is 1. The van der Waals surface area contributed by atoms with Gasteiger partial charge in [-0.05, 0) is 62.4 Å². The molecule has 4 aromatic rings. The van der Waals surface area contributed by atoms with Crippen molar-refractivity contribution in [2.75, 3.05) is 4.72 Å². The molecule has 2 aromatic carbocycles. The van der Waals surface area contributed by atoms with Gasteiger partial charge in [-0.25, -0.2) is 22.2 Å². The first-order valence-corrected chi connectivity index (χ1v) is 10.8. The van der Waals surface area contributed by atoms with Crippen molar-refractivity contribution in [1.82, 2.24) is 19.7 Å². The van der Waals surface area contributed by atoms with Crippen LogP contribution in [0.1, 0.15) is 11.4 Å². The Morgan fingerprint density at radius 3 is 2.28 bits per heavy atom. The first-order chi connectivity index (χ1) is 15.2. The van der Waals surface area contributed by atoms with Gasteiger partial charge in [-0.15, -0.1) is 10.2 Å². The largest absolute Gasteiger partial charge is 0.438 e. The third-order valence-corrected chi connectivity index (χ3v) is 6.03. The van der Waals surface area contributed by atoms with Gasteiger partial charge in [0.15, 0.2) is 17.5 Å². The topological polar surface area (TPSA) is 99.0 Å². The Bertz CT molecular complexity index is 1370. The van der Waals surface area contributed by atoms with Crippen molar-refractivity contribution in [3.05, 3.63) is 83.9 Å². The normalized spacial score (nSPS) is 11.4. The predicted molar refractivity (Wildman–Crippen MR) is 112 cm³/mol. The van der Waals surface area contributed by atoms with Crippen molar-refractivity contribution >= 4 is 15.7 Å². The zero-order chi connectivity index (χ0) is 22.9. The predicted octanol–water partition coefficient (Wildman–Crippen LogP) is 4.15. The summed E-state index contributed by atoms with van der Waals surface area (Å²) < 4.78 is 60.9. The van der Waals surface area contributed by atoms with E-state index in [0.717, 1.165) is 23.5 Å². The van der Waals surface area contributed by atoms with Crippen LogP contribution in [0.2, 0.25) is 0 Å². The summed E-state index contributed by atoms with van der Waals surface area (Å²) in [5.74, 6) is -1.13. The summed E-state index contributed by atoms with van der Waals surface area (Å²) in [5.41, 5.74) is 2.07. The number of rotatable bonds is 6. The fraction of sp³-hybridized carbons (Fsp3) is 0.0952. The summed E-state index contributed by atoms with van der Waals surface area (Å²) in [4.78, 5) is 3.83. The van der Waals surface area contributed by atoms with E-state index in [-0.39, 0.29) is 11.6 Å². The van der Waals surface area contributed by atoms with Gasteiger partial charge < -0.3 is 4.74 Å². The number of nitrogens with zero attached hydrogens (tertiary/aromatic N) is 4. The number of aryl methyl sites for hydroxylation is 1. The minimum absolute atomic E-state index is 0.217. The lowest BCUT2D eigenvalue weighted by Crippen LogP contribution is -2.13. The molecule has 0 saturated heterocycles. The Hall–Kier alpha value is -3.86. The van der Waals surface area contributed by atoms with E-state index >= 15 is 0 Å². The second-order valence-corrected chi connectivity index (χ2v) is 8.51. The maximum atomic E-state index is 13.4. The van der Waals surface area contributed by atoms with Crippen molar-refractivity contribution in [2.24, 2.45) is 0 Å². The van der Waals surface area contributed by atoms with Gasteiger partial charge in [0, 0.05) is 17.4 Å². The minimum atomic E-state index is -4.08. The van der Waals surface area contributed by atoms with Crippen molar-refractivity contribution in [2.45, 2.75) is 18.7 Å². The maximum absolute atomic E-state index is 13.4. The van der Waals surface area contributed by atoms with Gasteiger partial charge in [0.25, 0.3) is 10.0 Å². The number of hydrogen-bond donors (Lipinski definition) is 1. The van der Waals surface area contributed by atoms with Crippen LogP contribution in [0.5, 0.6) is 11.6 Å². The van der Waals surface area contributed by atoms with Gasteiger partial charge >= 0.3 is 0 Å². The number of aromatic nitrogens is 4. The number of ether oxygens (including phenoxy) is 1. The smallest absolute Gasteiger partial charge is 0.261 e. The van der Waals surface area contributed by atoms with Gasteiger partial charge in [-0.1, -0.05) is 0 Å². The highest BCUT2D eigenvalue weighted by molar-refractivity contribution is 7.92. The molecule has 0 aliphatic rings. The highest BCUT2D eigenvalue weighted by atomic mass is 32.2. The molecule has 0 fully saturated rings. The molecule has 2 heterocycles. The minimum Gasteiger partial charge on any atom is -0.438 e. The van der Waals surface area contributed by atoms with Crippen LogP contribution in [0.3, 0.4) is 0 Å². The molecule has 4 rings (SSSR count). The van der Waals surface area contributed by atoms with Crippen molar-refractivity contribution < 1.29 is 21.9 Å². The molecule has 0 radical (unpaired) electrons. The number of anilines is 1. The molecule has 1 N–H and O–H groups in total. The van der Waals surface area contributed by atoms with E-state index in [9.17, 15) is 17.2 Å². The number of imidazole rings is 1. The summed E-state index contributed by atoms with van der Waals surface area (Å²) in [6, 6.07) is 11.7.